The Bertz CT molecular complexity index is 473. The van der Waals surface area contributed by atoms with E-state index < -0.39 is 6.10 Å². The molecule has 0 saturated heterocycles. The second kappa shape index (κ2) is 5.11. The number of aliphatic hydroxyl groups excluding tert-OH is 1. The maximum absolute atomic E-state index is 10.1. The van der Waals surface area contributed by atoms with Crippen LogP contribution in [0, 0.1) is 13.8 Å². The van der Waals surface area contributed by atoms with E-state index in [0.717, 1.165) is 5.56 Å². The van der Waals surface area contributed by atoms with Gasteiger partial charge in [0.2, 0.25) is 0 Å². The van der Waals surface area contributed by atoms with Crippen LogP contribution in [0.3, 0.4) is 0 Å². The van der Waals surface area contributed by atoms with E-state index in [1.54, 1.807) is 12.4 Å². The lowest BCUT2D eigenvalue weighted by molar-refractivity contribution is 0.178. The smallest absolute Gasteiger partial charge is 0.0845 e. The highest BCUT2D eigenvalue weighted by molar-refractivity contribution is 5.29. The number of nitrogens with zero attached hydrogens (tertiary/aromatic N) is 1. The molecule has 0 spiro atoms. The molecular formula is C15H17NO. The van der Waals surface area contributed by atoms with Crippen LogP contribution in [0.25, 0.3) is 0 Å². The van der Waals surface area contributed by atoms with E-state index in [9.17, 15) is 5.11 Å². The molecule has 1 aromatic carbocycles. The predicted octanol–water partition coefficient (Wildman–Crippen LogP) is 2.97. The zero-order valence-corrected chi connectivity index (χ0v) is 10.2. The van der Waals surface area contributed by atoms with Crippen molar-refractivity contribution in [3.05, 3.63) is 65.0 Å². The van der Waals surface area contributed by atoms with Gasteiger partial charge in [0.15, 0.2) is 0 Å². The van der Waals surface area contributed by atoms with Crippen LogP contribution in [-0.4, -0.2) is 10.1 Å². The number of benzene rings is 1. The van der Waals surface area contributed by atoms with Crippen LogP contribution in [0.1, 0.15) is 28.4 Å². The van der Waals surface area contributed by atoms with Crippen molar-refractivity contribution in [3.63, 3.8) is 0 Å². The van der Waals surface area contributed by atoms with Crippen LogP contribution in [0.4, 0.5) is 0 Å². The summed E-state index contributed by atoms with van der Waals surface area (Å²) in [5.74, 6) is 0. The van der Waals surface area contributed by atoms with Crippen LogP contribution in [0.2, 0.25) is 0 Å². The monoisotopic (exact) mass is 227 g/mol. The molecule has 0 aliphatic heterocycles. The van der Waals surface area contributed by atoms with E-state index in [1.807, 2.05) is 12.1 Å². The molecule has 1 heterocycles. The summed E-state index contributed by atoms with van der Waals surface area (Å²) in [5.41, 5.74) is 4.50. The van der Waals surface area contributed by atoms with Gasteiger partial charge in [0.1, 0.15) is 0 Å². The van der Waals surface area contributed by atoms with Gasteiger partial charge < -0.3 is 5.11 Å². The number of pyridine rings is 1. The third-order valence-corrected chi connectivity index (χ3v) is 2.78. The van der Waals surface area contributed by atoms with Crippen LogP contribution in [-0.2, 0) is 6.42 Å². The van der Waals surface area contributed by atoms with Crippen LogP contribution in [0.15, 0.2) is 42.7 Å². The minimum absolute atomic E-state index is 0.482. The summed E-state index contributed by atoms with van der Waals surface area (Å²) in [5, 5.41) is 10.1. The fourth-order valence-corrected chi connectivity index (χ4v) is 2.10. The van der Waals surface area contributed by atoms with Gasteiger partial charge in [-0.3, -0.25) is 4.98 Å². The van der Waals surface area contributed by atoms with Gasteiger partial charge in [-0.15, -0.1) is 0 Å². The van der Waals surface area contributed by atoms with E-state index in [4.69, 9.17) is 0 Å². The van der Waals surface area contributed by atoms with Gasteiger partial charge in [-0.2, -0.15) is 0 Å². The second-order valence-electron chi connectivity index (χ2n) is 4.50. The number of aryl methyl sites for hydroxylation is 2. The Morgan fingerprint density at radius 1 is 1.18 bits per heavy atom. The molecule has 1 aromatic heterocycles. The normalized spacial score (nSPS) is 12.4. The molecule has 88 valence electrons. The van der Waals surface area contributed by atoms with E-state index in [1.165, 1.54) is 16.7 Å². The first-order valence-electron chi connectivity index (χ1n) is 5.80. The van der Waals surface area contributed by atoms with Gasteiger partial charge in [-0.05, 0) is 31.0 Å². The first-order valence-corrected chi connectivity index (χ1v) is 5.80. The molecule has 0 bridgehead atoms. The molecule has 0 radical (unpaired) electrons. The Hall–Kier alpha value is -1.67. The molecule has 2 nitrogen and oxygen atoms in total. The first-order chi connectivity index (χ1) is 8.15. The Labute approximate surface area is 102 Å². The van der Waals surface area contributed by atoms with Crippen LogP contribution >= 0.6 is 0 Å². The SMILES string of the molecule is Cc1cc(C)cc(CC(O)c2cccnc2)c1. The molecule has 2 aromatic rings. The Morgan fingerprint density at radius 3 is 2.47 bits per heavy atom. The molecule has 2 rings (SSSR count). The summed E-state index contributed by atoms with van der Waals surface area (Å²) < 4.78 is 0. The van der Waals surface area contributed by atoms with Crippen molar-refractivity contribution in [2.45, 2.75) is 26.4 Å². The van der Waals surface area contributed by atoms with Crippen LogP contribution in [0.5, 0.6) is 0 Å². The maximum Gasteiger partial charge on any atom is 0.0845 e. The largest absolute Gasteiger partial charge is 0.388 e. The average molecular weight is 227 g/mol. The Morgan fingerprint density at radius 2 is 1.88 bits per heavy atom. The molecule has 2 heteroatoms. The molecule has 0 saturated carbocycles. The van der Waals surface area contributed by atoms with Gasteiger partial charge in [0.05, 0.1) is 6.10 Å². The van der Waals surface area contributed by atoms with E-state index >= 15 is 0 Å². The number of hydrogen-bond donors (Lipinski definition) is 1. The highest BCUT2D eigenvalue weighted by atomic mass is 16.3. The molecule has 1 N–H and O–H groups in total. The van der Waals surface area contributed by atoms with Gasteiger partial charge in [0, 0.05) is 18.8 Å². The molecular weight excluding hydrogens is 210 g/mol. The zero-order valence-electron chi connectivity index (χ0n) is 10.2. The molecule has 17 heavy (non-hydrogen) atoms. The van der Waals surface area contributed by atoms with Gasteiger partial charge in [-0.25, -0.2) is 0 Å². The topological polar surface area (TPSA) is 33.1 Å². The number of hydrogen-bond acceptors (Lipinski definition) is 2. The van der Waals surface area contributed by atoms with Crippen molar-refractivity contribution < 1.29 is 5.11 Å². The average Bonchev–Trinajstić information content (AvgIpc) is 2.28. The fraction of sp³-hybridized carbons (Fsp3) is 0.267. The predicted molar refractivity (Wildman–Crippen MR) is 68.8 cm³/mol. The lowest BCUT2D eigenvalue weighted by atomic mass is 9.99. The van der Waals surface area contributed by atoms with Gasteiger partial charge in [-0.1, -0.05) is 35.4 Å². The van der Waals surface area contributed by atoms with E-state index in [2.05, 4.69) is 37.0 Å². The summed E-state index contributed by atoms with van der Waals surface area (Å²) in [7, 11) is 0. The molecule has 0 aliphatic rings. The van der Waals surface area contributed by atoms with Gasteiger partial charge >= 0.3 is 0 Å². The Balaban J connectivity index is 2.16. The van der Waals surface area contributed by atoms with Crippen molar-refractivity contribution in [1.82, 2.24) is 4.98 Å². The lowest BCUT2D eigenvalue weighted by Gasteiger charge is -2.11. The number of rotatable bonds is 3. The standard InChI is InChI=1S/C15H17NO/c1-11-6-12(2)8-13(7-11)9-15(17)14-4-3-5-16-10-14/h3-8,10,15,17H,9H2,1-2H3. The van der Waals surface area contributed by atoms with Crippen LogP contribution < -0.4 is 0 Å². The van der Waals surface area contributed by atoms with Crippen molar-refractivity contribution in [1.29, 1.82) is 0 Å². The molecule has 0 fully saturated rings. The summed E-state index contributed by atoms with van der Waals surface area (Å²) in [6, 6.07) is 10.1. The summed E-state index contributed by atoms with van der Waals surface area (Å²) in [6.07, 6.45) is 3.58. The second-order valence-corrected chi connectivity index (χ2v) is 4.50. The Kier molecular flexibility index (Phi) is 3.55. The summed E-state index contributed by atoms with van der Waals surface area (Å²) in [6.45, 7) is 4.15. The minimum Gasteiger partial charge on any atom is -0.388 e. The van der Waals surface area contributed by atoms with Crippen molar-refractivity contribution in [3.8, 4) is 0 Å². The van der Waals surface area contributed by atoms with E-state index in [0.29, 0.717) is 6.42 Å². The third-order valence-electron chi connectivity index (χ3n) is 2.78. The number of aromatic nitrogens is 1. The highest BCUT2D eigenvalue weighted by Gasteiger charge is 2.08. The van der Waals surface area contributed by atoms with E-state index in [-0.39, 0.29) is 0 Å². The molecule has 0 aliphatic carbocycles. The number of aliphatic hydroxyl groups is 1. The molecule has 0 amide bonds. The third kappa shape index (κ3) is 3.14. The highest BCUT2D eigenvalue weighted by Crippen LogP contribution is 2.19. The van der Waals surface area contributed by atoms with Crippen molar-refractivity contribution in [2.75, 3.05) is 0 Å². The quantitative estimate of drug-likeness (QED) is 0.874. The van der Waals surface area contributed by atoms with Crippen molar-refractivity contribution >= 4 is 0 Å². The molecule has 1 atom stereocenters. The van der Waals surface area contributed by atoms with Gasteiger partial charge in [0.25, 0.3) is 0 Å². The molecule has 1 unspecified atom stereocenters. The lowest BCUT2D eigenvalue weighted by Crippen LogP contribution is -2.02. The first kappa shape index (κ1) is 11.8. The summed E-state index contributed by atoms with van der Waals surface area (Å²) in [4.78, 5) is 4.02. The fourth-order valence-electron chi connectivity index (χ4n) is 2.10. The minimum atomic E-state index is -0.482. The zero-order chi connectivity index (χ0) is 12.3. The van der Waals surface area contributed by atoms with Crippen molar-refractivity contribution in [2.24, 2.45) is 0 Å². The summed E-state index contributed by atoms with van der Waals surface area (Å²) >= 11 is 0. The maximum atomic E-state index is 10.1.